The fourth-order valence-corrected chi connectivity index (χ4v) is 2.82. The summed E-state index contributed by atoms with van der Waals surface area (Å²) in [4.78, 5) is 22.4. The number of carboxylic acids is 1. The van der Waals surface area contributed by atoms with Crippen molar-refractivity contribution >= 4 is 5.97 Å². The predicted molar refractivity (Wildman–Crippen MR) is 78.8 cm³/mol. The van der Waals surface area contributed by atoms with Gasteiger partial charge in [0.1, 0.15) is 0 Å². The van der Waals surface area contributed by atoms with Gasteiger partial charge in [-0.3, -0.25) is 0 Å². The van der Waals surface area contributed by atoms with Gasteiger partial charge in [0.25, 0.3) is 0 Å². The van der Waals surface area contributed by atoms with E-state index in [0.717, 1.165) is 5.56 Å². The maximum atomic E-state index is 11.4. The van der Waals surface area contributed by atoms with E-state index in [-0.39, 0.29) is 12.3 Å². The standard InChI is InChI=1S/C16H19NO4/c1-11-9-16(17-21,15(19)20)10-13(14(11)18)8-7-12-5-3-2-4-6-12/h2-6,10-11,14,18H,7-9H2,1H3,(H,19,20)/t11-,14+,16-/m1/s1. The van der Waals surface area contributed by atoms with Gasteiger partial charge < -0.3 is 10.2 Å². The van der Waals surface area contributed by atoms with E-state index in [0.29, 0.717) is 18.4 Å². The van der Waals surface area contributed by atoms with Gasteiger partial charge in [-0.25, -0.2) is 4.79 Å². The van der Waals surface area contributed by atoms with Crippen molar-refractivity contribution in [3.63, 3.8) is 0 Å². The number of carboxylic acid groups (broad SMARTS) is 1. The first-order valence-electron chi connectivity index (χ1n) is 7.00. The summed E-state index contributed by atoms with van der Waals surface area (Å²) in [7, 11) is 0. The Hall–Kier alpha value is -2.01. The SMILES string of the molecule is C[C@@H]1C[C@](N=O)(C(=O)O)C=C(CCc2ccccc2)[C@H]1O. The van der Waals surface area contributed by atoms with Crippen molar-refractivity contribution in [3.8, 4) is 0 Å². The van der Waals surface area contributed by atoms with E-state index in [1.54, 1.807) is 6.92 Å². The lowest BCUT2D eigenvalue weighted by atomic mass is 9.75. The van der Waals surface area contributed by atoms with Gasteiger partial charge in [-0.2, -0.15) is 0 Å². The first-order valence-corrected chi connectivity index (χ1v) is 7.00. The number of carbonyl (C=O) groups is 1. The van der Waals surface area contributed by atoms with E-state index < -0.39 is 17.6 Å². The Kier molecular flexibility index (Phi) is 4.53. The van der Waals surface area contributed by atoms with Crippen molar-refractivity contribution in [2.75, 3.05) is 0 Å². The first-order chi connectivity index (χ1) is 9.98. The average Bonchev–Trinajstić information content (AvgIpc) is 2.49. The monoisotopic (exact) mass is 289 g/mol. The Morgan fingerprint density at radius 2 is 2.00 bits per heavy atom. The maximum absolute atomic E-state index is 11.4. The average molecular weight is 289 g/mol. The lowest BCUT2D eigenvalue weighted by Gasteiger charge is -2.33. The summed E-state index contributed by atoms with van der Waals surface area (Å²) in [5.74, 6) is -1.57. The fourth-order valence-electron chi connectivity index (χ4n) is 2.82. The molecule has 0 aliphatic heterocycles. The Morgan fingerprint density at radius 1 is 1.33 bits per heavy atom. The van der Waals surface area contributed by atoms with Crippen LogP contribution in [0.5, 0.6) is 0 Å². The van der Waals surface area contributed by atoms with Crippen LogP contribution in [0.3, 0.4) is 0 Å². The summed E-state index contributed by atoms with van der Waals surface area (Å²) < 4.78 is 0. The number of nitrogens with zero attached hydrogens (tertiary/aromatic N) is 1. The molecule has 1 aromatic carbocycles. The maximum Gasteiger partial charge on any atom is 0.339 e. The molecule has 5 heteroatoms. The van der Waals surface area contributed by atoms with Crippen LogP contribution in [0.4, 0.5) is 0 Å². The third-order valence-electron chi connectivity index (χ3n) is 4.05. The summed E-state index contributed by atoms with van der Waals surface area (Å²) in [5.41, 5.74) is -0.0616. The molecule has 0 unspecified atom stereocenters. The molecule has 2 N–H and O–H groups in total. The van der Waals surface area contributed by atoms with Crippen molar-refractivity contribution in [2.45, 2.75) is 37.8 Å². The molecule has 3 atom stereocenters. The van der Waals surface area contributed by atoms with Crippen molar-refractivity contribution in [1.82, 2.24) is 0 Å². The molecule has 0 spiro atoms. The molecule has 1 aromatic rings. The highest BCUT2D eigenvalue weighted by Crippen LogP contribution is 2.36. The van der Waals surface area contributed by atoms with Crippen LogP contribution in [0.2, 0.25) is 0 Å². The molecule has 0 saturated carbocycles. The predicted octanol–water partition coefficient (Wildman–Crippen LogP) is 2.54. The Morgan fingerprint density at radius 3 is 2.57 bits per heavy atom. The first kappa shape index (κ1) is 15.4. The summed E-state index contributed by atoms with van der Waals surface area (Å²) in [5, 5.41) is 22.3. The van der Waals surface area contributed by atoms with Gasteiger partial charge in [-0.15, -0.1) is 4.91 Å². The normalized spacial score (nSPS) is 28.8. The lowest BCUT2D eigenvalue weighted by molar-refractivity contribution is -0.142. The molecular formula is C16H19NO4. The van der Waals surface area contributed by atoms with Crippen LogP contribution >= 0.6 is 0 Å². The van der Waals surface area contributed by atoms with Crippen LogP contribution in [0.15, 0.2) is 47.2 Å². The second-order valence-electron chi connectivity index (χ2n) is 5.65. The number of aliphatic hydroxyl groups is 1. The second kappa shape index (κ2) is 6.18. The zero-order valence-corrected chi connectivity index (χ0v) is 11.9. The van der Waals surface area contributed by atoms with E-state index in [4.69, 9.17) is 0 Å². The summed E-state index contributed by atoms with van der Waals surface area (Å²) in [6.45, 7) is 1.74. The topological polar surface area (TPSA) is 87.0 Å². The van der Waals surface area contributed by atoms with Crippen LogP contribution in [0.1, 0.15) is 25.3 Å². The molecule has 0 radical (unpaired) electrons. The highest BCUT2D eigenvalue weighted by Gasteiger charge is 2.45. The molecule has 5 nitrogen and oxygen atoms in total. The quantitative estimate of drug-likeness (QED) is 0.644. The van der Waals surface area contributed by atoms with Gasteiger partial charge in [0, 0.05) is 0 Å². The molecule has 112 valence electrons. The van der Waals surface area contributed by atoms with Gasteiger partial charge in [0.15, 0.2) is 0 Å². The molecular weight excluding hydrogens is 270 g/mol. The van der Waals surface area contributed by atoms with Crippen LogP contribution in [0, 0.1) is 10.8 Å². The lowest BCUT2D eigenvalue weighted by Crippen LogP contribution is -2.43. The van der Waals surface area contributed by atoms with Gasteiger partial charge >= 0.3 is 5.97 Å². The minimum Gasteiger partial charge on any atom is -0.479 e. The number of benzene rings is 1. The molecule has 0 aromatic heterocycles. The highest BCUT2D eigenvalue weighted by molar-refractivity contribution is 5.82. The van der Waals surface area contributed by atoms with Crippen molar-refractivity contribution in [2.24, 2.45) is 11.1 Å². The Bertz CT molecular complexity index is 555. The zero-order chi connectivity index (χ0) is 15.5. The molecule has 1 aliphatic rings. The molecule has 21 heavy (non-hydrogen) atoms. The molecule has 0 amide bonds. The van der Waals surface area contributed by atoms with Gasteiger partial charge in [-0.05, 0) is 47.6 Å². The second-order valence-corrected chi connectivity index (χ2v) is 5.65. The highest BCUT2D eigenvalue weighted by atomic mass is 16.4. The number of rotatable bonds is 5. The summed E-state index contributed by atoms with van der Waals surface area (Å²) in [6, 6.07) is 9.73. The van der Waals surface area contributed by atoms with Crippen molar-refractivity contribution < 1.29 is 15.0 Å². The van der Waals surface area contributed by atoms with Crippen LogP contribution in [0.25, 0.3) is 0 Å². The Labute approximate surface area is 123 Å². The largest absolute Gasteiger partial charge is 0.479 e. The molecule has 0 fully saturated rings. The number of hydrogen-bond donors (Lipinski definition) is 2. The Balaban J connectivity index is 2.22. The van der Waals surface area contributed by atoms with Crippen molar-refractivity contribution in [3.05, 3.63) is 52.5 Å². The van der Waals surface area contributed by atoms with Gasteiger partial charge in [0.2, 0.25) is 5.54 Å². The fraction of sp³-hybridized carbons (Fsp3) is 0.438. The molecule has 2 rings (SSSR count). The molecule has 0 heterocycles. The van der Waals surface area contributed by atoms with E-state index in [1.165, 1.54) is 6.08 Å². The number of aliphatic hydroxyl groups excluding tert-OH is 1. The van der Waals surface area contributed by atoms with E-state index in [9.17, 15) is 19.9 Å². The number of hydrogen-bond acceptors (Lipinski definition) is 4. The van der Waals surface area contributed by atoms with E-state index in [1.807, 2.05) is 30.3 Å². The summed E-state index contributed by atoms with van der Waals surface area (Å²) in [6.07, 6.45) is 1.85. The third-order valence-corrected chi connectivity index (χ3v) is 4.05. The van der Waals surface area contributed by atoms with Crippen molar-refractivity contribution in [1.29, 1.82) is 0 Å². The molecule has 1 aliphatic carbocycles. The number of aryl methyl sites for hydroxylation is 1. The minimum absolute atomic E-state index is 0.0296. The van der Waals surface area contributed by atoms with E-state index in [2.05, 4.69) is 5.18 Å². The van der Waals surface area contributed by atoms with Crippen LogP contribution < -0.4 is 0 Å². The molecule has 0 bridgehead atoms. The number of nitroso groups, excluding NO2 is 1. The minimum atomic E-state index is -1.75. The third kappa shape index (κ3) is 3.19. The zero-order valence-electron chi connectivity index (χ0n) is 11.9. The van der Waals surface area contributed by atoms with E-state index >= 15 is 0 Å². The molecule has 0 saturated heterocycles. The van der Waals surface area contributed by atoms with Gasteiger partial charge in [-0.1, -0.05) is 37.3 Å². The van der Waals surface area contributed by atoms with Crippen LogP contribution in [-0.4, -0.2) is 27.8 Å². The number of aliphatic carboxylic acids is 1. The van der Waals surface area contributed by atoms with Gasteiger partial charge in [0.05, 0.1) is 6.10 Å². The summed E-state index contributed by atoms with van der Waals surface area (Å²) >= 11 is 0. The smallest absolute Gasteiger partial charge is 0.339 e. The van der Waals surface area contributed by atoms with Crippen LogP contribution in [-0.2, 0) is 11.2 Å².